The molecule has 8 nitrogen and oxygen atoms in total. The Labute approximate surface area is 198 Å². The van der Waals surface area contributed by atoms with Gasteiger partial charge >= 0.3 is 0 Å². The Balaban J connectivity index is 0.00000363. The molecule has 1 amide bonds. The molecule has 174 valence electrons. The number of anilines is 1. The minimum Gasteiger partial charge on any atom is -0.495 e. The maximum Gasteiger partial charge on any atom is 0.244 e. The second kappa shape index (κ2) is 11.0. The number of halogens is 1. The number of thiazole rings is 1. The number of likely N-dealkylation sites (N-methyl/N-ethyl adjacent to an activating group) is 1. The zero-order chi connectivity index (χ0) is 22.6. The van der Waals surface area contributed by atoms with Crippen LogP contribution in [0.2, 0.25) is 0 Å². The van der Waals surface area contributed by atoms with Crippen molar-refractivity contribution in [2.75, 3.05) is 52.1 Å². The van der Waals surface area contributed by atoms with Crippen LogP contribution in [0.3, 0.4) is 0 Å². The van der Waals surface area contributed by atoms with Crippen molar-refractivity contribution in [3.63, 3.8) is 0 Å². The van der Waals surface area contributed by atoms with Gasteiger partial charge in [0.15, 0.2) is 15.0 Å². The third kappa shape index (κ3) is 5.69. The van der Waals surface area contributed by atoms with Crippen molar-refractivity contribution in [3.05, 3.63) is 42.5 Å². The molecule has 1 aromatic heterocycles. The summed E-state index contributed by atoms with van der Waals surface area (Å²) in [5, 5.41) is 0.396. The number of rotatable bonds is 9. The fourth-order valence-electron chi connectivity index (χ4n) is 2.97. The van der Waals surface area contributed by atoms with Crippen molar-refractivity contribution in [2.45, 2.75) is 4.90 Å². The van der Waals surface area contributed by atoms with Gasteiger partial charge in [0.1, 0.15) is 27.5 Å². The molecule has 1 heterocycles. The highest BCUT2D eigenvalue weighted by Gasteiger charge is 2.27. The molecule has 0 bridgehead atoms. The third-order valence-electron chi connectivity index (χ3n) is 4.62. The first-order chi connectivity index (χ1) is 14.8. The topological polar surface area (TPSA) is 89.0 Å². The van der Waals surface area contributed by atoms with E-state index in [1.54, 1.807) is 44.6 Å². The standard InChI is InChI=1S/C21H25N3O5S2.ClH/c1-23(2)12-13-24(18(25)14-31(26,27)15-8-6-5-7-9-15)21-22-19-16(28-3)10-11-17(29-4)20(19)30-21;/h5-11H,12-14H2,1-4H3;1H. The number of fused-ring (bicyclic) bond motifs is 1. The van der Waals surface area contributed by atoms with Gasteiger partial charge in [0.2, 0.25) is 5.91 Å². The SMILES string of the molecule is COc1ccc(OC)c2sc(N(CCN(C)C)C(=O)CS(=O)(=O)c3ccccc3)nc12.Cl. The molecule has 3 aromatic rings. The van der Waals surface area contributed by atoms with E-state index in [0.29, 0.717) is 35.2 Å². The minimum atomic E-state index is -3.78. The summed E-state index contributed by atoms with van der Waals surface area (Å²) in [7, 11) is 3.08. The lowest BCUT2D eigenvalue weighted by molar-refractivity contribution is -0.116. The first-order valence-corrected chi connectivity index (χ1v) is 12.0. The van der Waals surface area contributed by atoms with E-state index in [1.807, 2.05) is 19.0 Å². The average molecular weight is 500 g/mol. The van der Waals surface area contributed by atoms with Gasteiger partial charge in [0.25, 0.3) is 0 Å². The number of hydrogen-bond acceptors (Lipinski definition) is 8. The highest BCUT2D eigenvalue weighted by atomic mass is 35.5. The predicted molar refractivity (Wildman–Crippen MR) is 129 cm³/mol. The van der Waals surface area contributed by atoms with Crippen molar-refractivity contribution >= 4 is 54.8 Å². The summed E-state index contributed by atoms with van der Waals surface area (Å²) < 4.78 is 37.1. The Kier molecular flexibility index (Phi) is 8.85. The summed E-state index contributed by atoms with van der Waals surface area (Å²) in [5.74, 6) is -0.0244. The molecule has 0 aliphatic rings. The number of hydrogen-bond donors (Lipinski definition) is 0. The lowest BCUT2D eigenvalue weighted by Crippen LogP contribution is -2.40. The Bertz CT molecular complexity index is 1130. The monoisotopic (exact) mass is 499 g/mol. The highest BCUT2D eigenvalue weighted by Crippen LogP contribution is 2.40. The summed E-state index contributed by atoms with van der Waals surface area (Å²) in [4.78, 5) is 21.2. The molecule has 3 rings (SSSR count). The fraction of sp³-hybridized carbons (Fsp3) is 0.333. The van der Waals surface area contributed by atoms with Gasteiger partial charge in [-0.3, -0.25) is 9.69 Å². The van der Waals surface area contributed by atoms with Crippen LogP contribution >= 0.6 is 23.7 Å². The molecule has 2 aromatic carbocycles. The quantitative estimate of drug-likeness (QED) is 0.447. The number of aromatic nitrogens is 1. The summed E-state index contributed by atoms with van der Waals surface area (Å²) in [6, 6.07) is 11.5. The Morgan fingerprint density at radius 2 is 1.62 bits per heavy atom. The van der Waals surface area contributed by atoms with Gasteiger partial charge in [-0.2, -0.15) is 0 Å². The van der Waals surface area contributed by atoms with Crippen LogP contribution in [0.15, 0.2) is 47.4 Å². The summed E-state index contributed by atoms with van der Waals surface area (Å²) >= 11 is 1.26. The van der Waals surface area contributed by atoms with Crippen molar-refractivity contribution < 1.29 is 22.7 Å². The fourth-order valence-corrected chi connectivity index (χ4v) is 5.31. The maximum absolute atomic E-state index is 13.2. The second-order valence-electron chi connectivity index (χ2n) is 7.07. The van der Waals surface area contributed by atoms with Crippen LogP contribution in [0.1, 0.15) is 0 Å². The highest BCUT2D eigenvalue weighted by molar-refractivity contribution is 7.92. The molecule has 11 heteroatoms. The van der Waals surface area contributed by atoms with E-state index in [-0.39, 0.29) is 17.3 Å². The number of sulfone groups is 1. The van der Waals surface area contributed by atoms with E-state index in [9.17, 15) is 13.2 Å². The van der Waals surface area contributed by atoms with E-state index in [4.69, 9.17) is 9.47 Å². The van der Waals surface area contributed by atoms with Crippen molar-refractivity contribution in [1.29, 1.82) is 0 Å². The molecule has 0 radical (unpaired) electrons. The van der Waals surface area contributed by atoms with Crippen LogP contribution in [-0.4, -0.2) is 71.4 Å². The largest absolute Gasteiger partial charge is 0.495 e. The molecule has 0 aliphatic heterocycles. The summed E-state index contributed by atoms with van der Waals surface area (Å²) in [5.41, 5.74) is 0.565. The number of nitrogens with zero attached hydrogens (tertiary/aromatic N) is 3. The number of amides is 1. The molecular weight excluding hydrogens is 474 g/mol. The third-order valence-corrected chi connectivity index (χ3v) is 7.33. The lowest BCUT2D eigenvalue weighted by Gasteiger charge is -2.22. The molecule has 0 N–H and O–H groups in total. The van der Waals surface area contributed by atoms with E-state index < -0.39 is 21.5 Å². The molecule has 0 atom stereocenters. The molecular formula is C21H26ClN3O5S2. The summed E-state index contributed by atoms with van der Waals surface area (Å²) in [6.45, 7) is 0.835. The molecule has 0 saturated heterocycles. The van der Waals surface area contributed by atoms with Crippen LogP contribution in [0.25, 0.3) is 10.2 Å². The van der Waals surface area contributed by atoms with Gasteiger partial charge in [-0.15, -0.1) is 12.4 Å². The van der Waals surface area contributed by atoms with Crippen molar-refractivity contribution in [2.24, 2.45) is 0 Å². The van der Waals surface area contributed by atoms with Crippen LogP contribution in [0.5, 0.6) is 11.5 Å². The lowest BCUT2D eigenvalue weighted by atomic mass is 10.3. The normalized spacial score (nSPS) is 11.3. The van der Waals surface area contributed by atoms with Crippen LogP contribution in [0, 0.1) is 0 Å². The van der Waals surface area contributed by atoms with E-state index in [1.165, 1.54) is 28.4 Å². The molecule has 0 fully saturated rings. The van der Waals surface area contributed by atoms with Crippen molar-refractivity contribution in [3.8, 4) is 11.5 Å². The van der Waals surface area contributed by atoms with E-state index in [0.717, 1.165) is 4.70 Å². The Hall–Kier alpha value is -2.40. The first kappa shape index (κ1) is 25.9. The second-order valence-corrected chi connectivity index (χ2v) is 10.0. The van der Waals surface area contributed by atoms with Gasteiger partial charge in [0, 0.05) is 13.1 Å². The van der Waals surface area contributed by atoms with Gasteiger partial charge < -0.3 is 14.4 Å². The zero-order valence-corrected chi connectivity index (χ0v) is 20.7. The first-order valence-electron chi connectivity index (χ1n) is 9.51. The van der Waals surface area contributed by atoms with Gasteiger partial charge in [-0.25, -0.2) is 13.4 Å². The van der Waals surface area contributed by atoms with Crippen LogP contribution in [0.4, 0.5) is 5.13 Å². The maximum atomic E-state index is 13.2. The molecule has 0 spiro atoms. The molecule has 0 unspecified atom stereocenters. The predicted octanol–water partition coefficient (Wildman–Crippen LogP) is 3.10. The number of benzene rings is 2. The number of methoxy groups -OCH3 is 2. The Morgan fingerprint density at radius 3 is 2.22 bits per heavy atom. The van der Waals surface area contributed by atoms with Gasteiger partial charge in [-0.1, -0.05) is 29.5 Å². The van der Waals surface area contributed by atoms with Gasteiger partial charge in [0.05, 0.1) is 19.1 Å². The number of carbonyl (C=O) groups excluding carboxylic acids is 1. The average Bonchev–Trinajstić information content (AvgIpc) is 3.18. The molecule has 32 heavy (non-hydrogen) atoms. The van der Waals surface area contributed by atoms with E-state index >= 15 is 0 Å². The number of carbonyl (C=O) groups is 1. The van der Waals surface area contributed by atoms with Crippen LogP contribution in [-0.2, 0) is 14.6 Å². The number of ether oxygens (including phenoxy) is 2. The zero-order valence-electron chi connectivity index (χ0n) is 18.3. The molecule has 0 saturated carbocycles. The van der Waals surface area contributed by atoms with Crippen LogP contribution < -0.4 is 14.4 Å². The Morgan fingerprint density at radius 1 is 1.00 bits per heavy atom. The van der Waals surface area contributed by atoms with Gasteiger partial charge in [-0.05, 0) is 38.4 Å². The smallest absolute Gasteiger partial charge is 0.244 e. The minimum absolute atomic E-state index is 0. The molecule has 0 aliphatic carbocycles. The summed E-state index contributed by atoms with van der Waals surface area (Å²) in [6.07, 6.45) is 0. The van der Waals surface area contributed by atoms with Crippen molar-refractivity contribution in [1.82, 2.24) is 9.88 Å². The van der Waals surface area contributed by atoms with E-state index in [2.05, 4.69) is 4.98 Å².